The van der Waals surface area contributed by atoms with E-state index in [1.54, 1.807) is 0 Å². The summed E-state index contributed by atoms with van der Waals surface area (Å²) in [4.78, 5) is 11.1. The summed E-state index contributed by atoms with van der Waals surface area (Å²) < 4.78 is 4.62. The summed E-state index contributed by atoms with van der Waals surface area (Å²) in [5.74, 6) is 0.448. The average molecular weight is 230 g/mol. The highest BCUT2D eigenvalue weighted by Gasteiger charge is 2.15. The largest absolute Gasteiger partial charge is 0.453 e. The van der Waals surface area contributed by atoms with Crippen LogP contribution in [0.1, 0.15) is 39.5 Å². The van der Waals surface area contributed by atoms with Crippen molar-refractivity contribution in [2.45, 2.75) is 45.6 Å². The second kappa shape index (κ2) is 9.46. The molecule has 0 saturated carbocycles. The van der Waals surface area contributed by atoms with Gasteiger partial charge in [-0.2, -0.15) is 0 Å². The third-order valence-corrected chi connectivity index (χ3v) is 2.74. The summed E-state index contributed by atoms with van der Waals surface area (Å²) in [7, 11) is 3.37. The van der Waals surface area contributed by atoms with E-state index in [1.165, 1.54) is 20.0 Å². The first-order valence-electron chi connectivity index (χ1n) is 6.11. The maximum atomic E-state index is 11.1. The minimum Gasteiger partial charge on any atom is -0.453 e. The van der Waals surface area contributed by atoms with Crippen LogP contribution < -0.4 is 10.6 Å². The molecule has 0 saturated heterocycles. The zero-order valence-corrected chi connectivity index (χ0v) is 11.0. The highest BCUT2D eigenvalue weighted by Crippen LogP contribution is 2.11. The summed E-state index contributed by atoms with van der Waals surface area (Å²) in [6, 6.07) is 0.224. The van der Waals surface area contributed by atoms with E-state index in [2.05, 4.69) is 29.2 Å². The molecule has 0 bridgehead atoms. The molecular formula is C12H26N2O2. The van der Waals surface area contributed by atoms with Gasteiger partial charge in [-0.3, -0.25) is 0 Å². The number of carbonyl (C=O) groups excluding carboxylic acids is 1. The Balaban J connectivity index is 3.73. The van der Waals surface area contributed by atoms with E-state index in [9.17, 15) is 4.79 Å². The van der Waals surface area contributed by atoms with Crippen molar-refractivity contribution in [3.8, 4) is 0 Å². The summed E-state index contributed by atoms with van der Waals surface area (Å²) in [6.45, 7) is 5.30. The number of alkyl carbamates (subject to hydrolysis) is 1. The Kier molecular flexibility index (Phi) is 9.00. The first-order valence-corrected chi connectivity index (χ1v) is 6.11. The summed E-state index contributed by atoms with van der Waals surface area (Å²) in [5.41, 5.74) is 0. The molecule has 16 heavy (non-hydrogen) atoms. The van der Waals surface area contributed by atoms with Crippen LogP contribution in [0.4, 0.5) is 4.79 Å². The monoisotopic (exact) mass is 230 g/mol. The molecule has 0 rings (SSSR count). The highest BCUT2D eigenvalue weighted by atomic mass is 16.5. The van der Waals surface area contributed by atoms with Gasteiger partial charge in [-0.15, -0.1) is 0 Å². The number of hydrogen-bond donors (Lipinski definition) is 2. The van der Waals surface area contributed by atoms with Crippen molar-refractivity contribution in [3.63, 3.8) is 0 Å². The van der Waals surface area contributed by atoms with Crippen molar-refractivity contribution in [2.24, 2.45) is 5.92 Å². The van der Waals surface area contributed by atoms with Crippen molar-refractivity contribution < 1.29 is 9.53 Å². The number of unbranched alkanes of at least 4 members (excludes halogenated alkanes) is 2. The lowest BCUT2D eigenvalue weighted by molar-refractivity contribution is 0.161. The Morgan fingerprint density at radius 2 is 1.94 bits per heavy atom. The molecule has 4 nitrogen and oxygen atoms in total. The predicted molar refractivity (Wildman–Crippen MR) is 66.6 cm³/mol. The smallest absolute Gasteiger partial charge is 0.407 e. The van der Waals surface area contributed by atoms with E-state index >= 15 is 0 Å². The van der Waals surface area contributed by atoms with Gasteiger partial charge in [0.15, 0.2) is 0 Å². The second-order valence-electron chi connectivity index (χ2n) is 4.44. The van der Waals surface area contributed by atoms with Gasteiger partial charge in [-0.25, -0.2) is 4.79 Å². The molecule has 1 unspecified atom stereocenters. The number of ether oxygens (including phenoxy) is 1. The van der Waals surface area contributed by atoms with Crippen LogP contribution in [-0.2, 0) is 4.74 Å². The first kappa shape index (κ1) is 15.2. The second-order valence-corrected chi connectivity index (χ2v) is 4.44. The van der Waals surface area contributed by atoms with Crippen LogP contribution in [0, 0.1) is 5.92 Å². The molecule has 0 aliphatic heterocycles. The Morgan fingerprint density at radius 1 is 1.25 bits per heavy atom. The lowest BCUT2D eigenvalue weighted by Crippen LogP contribution is -2.38. The minimum atomic E-state index is -0.325. The minimum absolute atomic E-state index is 0.224. The molecule has 1 amide bonds. The lowest BCUT2D eigenvalue weighted by Gasteiger charge is -2.21. The fraction of sp³-hybridized carbons (Fsp3) is 0.917. The van der Waals surface area contributed by atoms with Gasteiger partial charge in [0, 0.05) is 6.04 Å². The van der Waals surface area contributed by atoms with Gasteiger partial charge in [0.2, 0.25) is 0 Å². The van der Waals surface area contributed by atoms with Gasteiger partial charge >= 0.3 is 6.09 Å². The molecule has 2 N–H and O–H groups in total. The Morgan fingerprint density at radius 3 is 2.44 bits per heavy atom. The van der Waals surface area contributed by atoms with Crippen LogP contribution in [0.15, 0.2) is 0 Å². The van der Waals surface area contributed by atoms with Crippen molar-refractivity contribution in [1.82, 2.24) is 10.6 Å². The highest BCUT2D eigenvalue weighted by molar-refractivity contribution is 5.67. The maximum absolute atomic E-state index is 11.1. The Hall–Kier alpha value is -0.770. The lowest BCUT2D eigenvalue weighted by atomic mass is 9.98. The number of hydrogen-bond acceptors (Lipinski definition) is 3. The molecule has 4 heteroatoms. The fourth-order valence-electron chi connectivity index (χ4n) is 1.63. The molecule has 0 radical (unpaired) electrons. The van der Waals surface area contributed by atoms with Crippen molar-refractivity contribution in [1.29, 1.82) is 0 Å². The zero-order chi connectivity index (χ0) is 12.4. The number of nitrogens with one attached hydrogen (secondary N) is 2. The van der Waals surface area contributed by atoms with Crippen molar-refractivity contribution >= 4 is 6.09 Å². The molecule has 0 aliphatic carbocycles. The number of carbonyl (C=O) groups is 1. The van der Waals surface area contributed by atoms with Crippen LogP contribution in [0.5, 0.6) is 0 Å². The van der Waals surface area contributed by atoms with E-state index in [-0.39, 0.29) is 12.1 Å². The standard InChI is InChI=1S/C12H26N2O2/c1-10(2)11(14-12(15)16-4)8-6-5-7-9-13-3/h10-11,13H,5-9H2,1-4H3,(H,14,15). The van der Waals surface area contributed by atoms with E-state index in [4.69, 9.17) is 0 Å². The summed E-state index contributed by atoms with van der Waals surface area (Å²) in [5, 5.41) is 6.01. The van der Waals surface area contributed by atoms with Gasteiger partial charge in [-0.05, 0) is 32.4 Å². The van der Waals surface area contributed by atoms with Gasteiger partial charge in [0.25, 0.3) is 0 Å². The normalized spacial score (nSPS) is 12.6. The summed E-state index contributed by atoms with van der Waals surface area (Å²) in [6.07, 6.45) is 4.24. The Labute approximate surface area is 99.1 Å². The molecule has 96 valence electrons. The maximum Gasteiger partial charge on any atom is 0.407 e. The molecule has 1 atom stereocenters. The topological polar surface area (TPSA) is 50.4 Å². The molecule has 0 spiro atoms. The molecule has 0 fully saturated rings. The molecule has 0 aromatic heterocycles. The first-order chi connectivity index (χ1) is 7.61. The molecular weight excluding hydrogens is 204 g/mol. The molecule has 0 aliphatic rings. The van der Waals surface area contributed by atoms with Crippen molar-refractivity contribution in [3.05, 3.63) is 0 Å². The number of rotatable bonds is 8. The van der Waals surface area contributed by atoms with Crippen LogP contribution >= 0.6 is 0 Å². The van der Waals surface area contributed by atoms with E-state index in [0.717, 1.165) is 19.4 Å². The van der Waals surface area contributed by atoms with E-state index in [0.29, 0.717) is 5.92 Å². The van der Waals surface area contributed by atoms with E-state index < -0.39 is 0 Å². The number of methoxy groups -OCH3 is 1. The SMILES string of the molecule is CNCCCCCC(NC(=O)OC)C(C)C. The molecule has 0 heterocycles. The summed E-state index contributed by atoms with van der Waals surface area (Å²) >= 11 is 0. The van der Waals surface area contributed by atoms with Crippen LogP contribution in [0.3, 0.4) is 0 Å². The average Bonchev–Trinajstić information content (AvgIpc) is 2.26. The van der Waals surface area contributed by atoms with Crippen LogP contribution in [0.2, 0.25) is 0 Å². The van der Waals surface area contributed by atoms with Gasteiger partial charge in [0.1, 0.15) is 0 Å². The van der Waals surface area contributed by atoms with Gasteiger partial charge in [-0.1, -0.05) is 26.7 Å². The third-order valence-electron chi connectivity index (χ3n) is 2.74. The zero-order valence-electron chi connectivity index (χ0n) is 11.0. The quantitative estimate of drug-likeness (QED) is 0.628. The predicted octanol–water partition coefficient (Wildman–Crippen LogP) is 2.15. The fourth-order valence-corrected chi connectivity index (χ4v) is 1.63. The molecule has 0 aromatic rings. The van der Waals surface area contributed by atoms with Gasteiger partial charge in [0.05, 0.1) is 7.11 Å². The van der Waals surface area contributed by atoms with E-state index in [1.807, 2.05) is 7.05 Å². The van der Waals surface area contributed by atoms with Crippen molar-refractivity contribution in [2.75, 3.05) is 20.7 Å². The third kappa shape index (κ3) is 7.51. The number of amides is 1. The Bertz CT molecular complexity index is 184. The van der Waals surface area contributed by atoms with Crippen LogP contribution in [-0.4, -0.2) is 32.8 Å². The molecule has 0 aromatic carbocycles. The van der Waals surface area contributed by atoms with Gasteiger partial charge < -0.3 is 15.4 Å². The van der Waals surface area contributed by atoms with Crippen LogP contribution in [0.25, 0.3) is 0 Å².